The van der Waals surface area contributed by atoms with Crippen molar-refractivity contribution in [2.45, 2.75) is 57.0 Å². The van der Waals surface area contributed by atoms with Gasteiger partial charge >= 0.3 is 0 Å². The summed E-state index contributed by atoms with van der Waals surface area (Å²) < 4.78 is 34.7. The molecule has 8 nitrogen and oxygen atoms in total. The summed E-state index contributed by atoms with van der Waals surface area (Å²) in [4.78, 5) is 7.41. The summed E-state index contributed by atoms with van der Waals surface area (Å²) in [6.45, 7) is 6.63. The van der Waals surface area contributed by atoms with Gasteiger partial charge in [-0.15, -0.1) is 0 Å². The molecule has 0 bridgehead atoms. The fourth-order valence-corrected chi connectivity index (χ4v) is 5.52. The molecule has 1 unspecified atom stereocenters. The van der Waals surface area contributed by atoms with E-state index in [0.29, 0.717) is 25.5 Å². The number of rotatable bonds is 15. The van der Waals surface area contributed by atoms with Crippen molar-refractivity contribution < 1.29 is 13.2 Å². The fraction of sp³-hybridized carbons (Fsp3) is 0.464. The molecule has 1 saturated heterocycles. The zero-order valence-corrected chi connectivity index (χ0v) is 22.4. The van der Waals surface area contributed by atoms with E-state index in [1.165, 1.54) is 6.42 Å². The van der Waals surface area contributed by atoms with Gasteiger partial charge in [-0.1, -0.05) is 31.5 Å². The number of hydrogen-bond acceptors (Lipinski definition) is 6. The van der Waals surface area contributed by atoms with Crippen LogP contribution >= 0.6 is 0 Å². The van der Waals surface area contributed by atoms with E-state index in [9.17, 15) is 8.42 Å². The number of aromatic nitrogens is 2. The van der Waals surface area contributed by atoms with Gasteiger partial charge in [0, 0.05) is 31.4 Å². The second-order valence-electron chi connectivity index (χ2n) is 9.72. The molecular weight excluding hydrogens is 486 g/mol. The summed E-state index contributed by atoms with van der Waals surface area (Å²) in [5.74, 6) is 1.38. The molecule has 1 aromatic heterocycles. The van der Waals surface area contributed by atoms with Crippen molar-refractivity contribution in [2.24, 2.45) is 5.92 Å². The van der Waals surface area contributed by atoms with Crippen molar-refractivity contribution in [1.82, 2.24) is 25.3 Å². The van der Waals surface area contributed by atoms with Gasteiger partial charge in [-0.3, -0.25) is 0 Å². The molecule has 3 aromatic rings. The molecule has 2 heterocycles. The predicted octanol–water partition coefficient (Wildman–Crippen LogP) is 3.55. The van der Waals surface area contributed by atoms with Gasteiger partial charge in [0.1, 0.15) is 5.75 Å². The van der Waals surface area contributed by atoms with Crippen LogP contribution in [-0.2, 0) is 36.0 Å². The smallest absolute Gasteiger partial charge is 0.240 e. The molecule has 0 aliphatic carbocycles. The van der Waals surface area contributed by atoms with E-state index in [1.54, 1.807) is 24.7 Å². The number of sulfonamides is 1. The lowest BCUT2D eigenvalue weighted by Crippen LogP contribution is -2.25. The topological polar surface area (TPSA) is 108 Å². The molecular formula is C28H39N5O3S. The highest BCUT2D eigenvalue weighted by Crippen LogP contribution is 2.20. The Morgan fingerprint density at radius 2 is 1.86 bits per heavy atom. The van der Waals surface area contributed by atoms with Crippen molar-refractivity contribution >= 4 is 10.0 Å². The molecule has 4 rings (SSSR count). The molecule has 2 aromatic carbocycles. The summed E-state index contributed by atoms with van der Waals surface area (Å²) >= 11 is 0. The maximum Gasteiger partial charge on any atom is 0.240 e. The monoisotopic (exact) mass is 525 g/mol. The minimum absolute atomic E-state index is 0.192. The molecule has 4 N–H and O–H groups in total. The summed E-state index contributed by atoms with van der Waals surface area (Å²) in [6.07, 6.45) is 8.53. The number of ether oxygens (including phenoxy) is 1. The van der Waals surface area contributed by atoms with E-state index in [-0.39, 0.29) is 11.4 Å². The number of aryl methyl sites for hydroxylation is 1. The lowest BCUT2D eigenvalue weighted by atomic mass is 10.1. The van der Waals surface area contributed by atoms with Gasteiger partial charge in [0.25, 0.3) is 0 Å². The molecule has 1 fully saturated rings. The van der Waals surface area contributed by atoms with Crippen LogP contribution < -0.4 is 20.1 Å². The Bertz CT molecular complexity index is 1190. The first-order valence-corrected chi connectivity index (χ1v) is 14.7. The quantitative estimate of drug-likeness (QED) is 0.242. The number of benzene rings is 2. The Morgan fingerprint density at radius 3 is 2.57 bits per heavy atom. The molecule has 0 spiro atoms. The first-order valence-electron chi connectivity index (χ1n) is 13.2. The summed E-state index contributed by atoms with van der Waals surface area (Å²) in [5.41, 5.74) is 4.10. The third-order valence-corrected chi connectivity index (χ3v) is 8.08. The van der Waals surface area contributed by atoms with Gasteiger partial charge < -0.3 is 20.4 Å². The highest BCUT2D eigenvalue weighted by Gasteiger charge is 2.16. The second-order valence-corrected chi connectivity index (χ2v) is 11.5. The summed E-state index contributed by atoms with van der Waals surface area (Å²) in [5, 5.41) is 6.94. The second kappa shape index (κ2) is 13.7. The van der Waals surface area contributed by atoms with Crippen LogP contribution in [0.15, 0.2) is 59.9 Å². The lowest BCUT2D eigenvalue weighted by molar-refractivity contribution is 0.320. The van der Waals surface area contributed by atoms with E-state index < -0.39 is 10.0 Å². The molecule has 1 aliphatic rings. The number of nitrogens with zero attached hydrogens (tertiary/aromatic N) is 1. The lowest BCUT2D eigenvalue weighted by Gasteiger charge is -2.14. The van der Waals surface area contributed by atoms with Crippen LogP contribution in [0.2, 0.25) is 0 Å². The van der Waals surface area contributed by atoms with Gasteiger partial charge in [-0.05, 0) is 85.8 Å². The SMILES string of the molecule is CCCCc1ccc(S(=O)(=O)NCc2cc(CNCC3CCNC3)cc(OCCc3cnc[nH]3)c2)cc1. The largest absolute Gasteiger partial charge is 0.493 e. The van der Waals surface area contributed by atoms with E-state index in [2.05, 4.69) is 32.2 Å². The zero-order chi connectivity index (χ0) is 25.9. The molecule has 0 saturated carbocycles. The third-order valence-electron chi connectivity index (χ3n) is 6.66. The molecule has 1 aliphatic heterocycles. The normalized spacial score (nSPS) is 15.8. The van der Waals surface area contributed by atoms with Crippen molar-refractivity contribution in [3.8, 4) is 5.75 Å². The number of nitrogens with one attached hydrogen (secondary N) is 4. The Kier molecular flexibility index (Phi) is 10.1. The maximum absolute atomic E-state index is 13.0. The number of imidazole rings is 1. The molecule has 0 amide bonds. The summed E-state index contributed by atoms with van der Waals surface area (Å²) in [7, 11) is -3.62. The Hall–Kier alpha value is -2.72. The highest BCUT2D eigenvalue weighted by molar-refractivity contribution is 7.89. The molecule has 200 valence electrons. The number of hydrogen-bond donors (Lipinski definition) is 4. The maximum atomic E-state index is 13.0. The van der Waals surface area contributed by atoms with Crippen molar-refractivity contribution in [2.75, 3.05) is 26.2 Å². The highest BCUT2D eigenvalue weighted by atomic mass is 32.2. The van der Waals surface area contributed by atoms with Gasteiger partial charge in [-0.25, -0.2) is 18.1 Å². The zero-order valence-electron chi connectivity index (χ0n) is 21.6. The predicted molar refractivity (Wildman–Crippen MR) is 146 cm³/mol. The van der Waals surface area contributed by atoms with Crippen LogP contribution in [0.1, 0.15) is 48.6 Å². The van der Waals surface area contributed by atoms with E-state index in [0.717, 1.165) is 67.0 Å². The molecule has 1 atom stereocenters. The van der Waals surface area contributed by atoms with Crippen molar-refractivity contribution in [1.29, 1.82) is 0 Å². The van der Waals surface area contributed by atoms with Gasteiger partial charge in [-0.2, -0.15) is 0 Å². The molecule has 0 radical (unpaired) electrons. The first-order chi connectivity index (χ1) is 18.0. The molecule has 9 heteroatoms. The van der Waals surface area contributed by atoms with Crippen LogP contribution in [0.3, 0.4) is 0 Å². The van der Waals surface area contributed by atoms with Crippen molar-refractivity contribution in [3.63, 3.8) is 0 Å². The fourth-order valence-electron chi connectivity index (χ4n) is 4.50. The Labute approximate surface area is 220 Å². The van der Waals surface area contributed by atoms with E-state index >= 15 is 0 Å². The number of aromatic amines is 1. The Morgan fingerprint density at radius 1 is 1.05 bits per heavy atom. The van der Waals surface area contributed by atoms with Gasteiger partial charge in [0.2, 0.25) is 10.0 Å². The van der Waals surface area contributed by atoms with Gasteiger partial charge in [0.05, 0.1) is 17.8 Å². The van der Waals surface area contributed by atoms with E-state index in [4.69, 9.17) is 4.74 Å². The van der Waals surface area contributed by atoms with Gasteiger partial charge in [0.15, 0.2) is 0 Å². The Balaban J connectivity index is 1.39. The van der Waals surface area contributed by atoms with E-state index in [1.807, 2.05) is 30.3 Å². The van der Waals surface area contributed by atoms with Crippen LogP contribution in [0.25, 0.3) is 0 Å². The van der Waals surface area contributed by atoms with Crippen LogP contribution in [0.4, 0.5) is 0 Å². The minimum Gasteiger partial charge on any atom is -0.493 e. The van der Waals surface area contributed by atoms with Crippen LogP contribution in [-0.4, -0.2) is 44.6 Å². The number of H-pyrrole nitrogens is 1. The minimum atomic E-state index is -3.62. The average Bonchev–Trinajstić information content (AvgIpc) is 3.61. The van der Waals surface area contributed by atoms with Crippen LogP contribution in [0, 0.1) is 5.92 Å². The first kappa shape index (κ1) is 27.3. The standard InChI is InChI=1S/C28H39N5O3S/c1-2-3-4-22-5-7-28(8-6-22)37(34,35)33-19-25-13-24(18-30-17-23-9-11-29-16-23)14-27(15-25)36-12-10-26-20-31-21-32-26/h5-8,13-15,20-21,23,29-30,33H,2-4,9-12,16-19H2,1H3,(H,31,32). The molecule has 37 heavy (non-hydrogen) atoms. The third kappa shape index (κ3) is 8.67. The number of unbranched alkanes of at least 4 members (excludes halogenated alkanes) is 1. The van der Waals surface area contributed by atoms with Crippen LogP contribution in [0.5, 0.6) is 5.75 Å². The van der Waals surface area contributed by atoms with Crippen molar-refractivity contribution in [3.05, 3.63) is 77.4 Å². The summed E-state index contributed by atoms with van der Waals surface area (Å²) in [6, 6.07) is 13.2. The average molecular weight is 526 g/mol.